The van der Waals surface area contributed by atoms with Crippen LogP contribution in [0.25, 0.3) is 0 Å². The molecule has 0 heterocycles. The Morgan fingerprint density at radius 3 is 2.06 bits per heavy atom. The number of hydrogen-bond acceptors (Lipinski definition) is 3. The van der Waals surface area contributed by atoms with Crippen molar-refractivity contribution in [1.82, 2.24) is 0 Å². The third-order valence-corrected chi connectivity index (χ3v) is 3.71. The van der Waals surface area contributed by atoms with Crippen LogP contribution in [0.4, 0.5) is 0 Å². The summed E-state index contributed by atoms with van der Waals surface area (Å²) >= 11 is 0. The van der Waals surface area contributed by atoms with E-state index in [2.05, 4.69) is 19.9 Å². The second-order valence-corrected chi connectivity index (χ2v) is 5.83. The number of aliphatic hydroxyl groups is 1. The highest BCUT2D eigenvalue weighted by Crippen LogP contribution is 2.42. The van der Waals surface area contributed by atoms with Crippen LogP contribution in [0.1, 0.15) is 53.4 Å². The van der Waals surface area contributed by atoms with Gasteiger partial charge in [-0.2, -0.15) is 5.26 Å². The van der Waals surface area contributed by atoms with E-state index in [9.17, 15) is 10.4 Å². The molecule has 0 bridgehead atoms. The fourth-order valence-corrected chi connectivity index (χ4v) is 2.04. The normalized spacial score (nSPS) is 26.8. The Bertz CT molecular complexity index is 268. The fourth-order valence-electron chi connectivity index (χ4n) is 2.04. The van der Waals surface area contributed by atoms with E-state index in [0.29, 0.717) is 5.41 Å². The minimum absolute atomic E-state index is 0.277. The Kier molecular flexibility index (Phi) is 3.98. The lowest BCUT2D eigenvalue weighted by Gasteiger charge is -2.40. The van der Waals surface area contributed by atoms with Gasteiger partial charge in [0.1, 0.15) is 0 Å². The molecule has 0 spiro atoms. The van der Waals surface area contributed by atoms with Crippen molar-refractivity contribution in [3.63, 3.8) is 0 Å². The first-order chi connectivity index (χ1) is 7.30. The van der Waals surface area contributed by atoms with Gasteiger partial charge in [-0.25, -0.2) is 0 Å². The van der Waals surface area contributed by atoms with E-state index in [0.717, 1.165) is 25.7 Å². The molecule has 16 heavy (non-hydrogen) atoms. The minimum atomic E-state index is -0.675. The molecule has 0 saturated heterocycles. The smallest absolute Gasteiger partial charge is 0.154 e. The van der Waals surface area contributed by atoms with Gasteiger partial charge < -0.3 is 9.84 Å². The molecule has 2 atom stereocenters. The van der Waals surface area contributed by atoms with Crippen molar-refractivity contribution < 1.29 is 9.84 Å². The van der Waals surface area contributed by atoms with Gasteiger partial charge in [0, 0.05) is 0 Å². The zero-order valence-electron chi connectivity index (χ0n) is 10.8. The van der Waals surface area contributed by atoms with E-state index >= 15 is 0 Å². The summed E-state index contributed by atoms with van der Waals surface area (Å²) in [6.07, 6.45) is 2.75. The molecule has 3 heteroatoms. The average Bonchev–Trinajstić information content (AvgIpc) is 2.21. The second kappa shape index (κ2) is 4.73. The maximum absolute atomic E-state index is 9.43. The van der Waals surface area contributed by atoms with Gasteiger partial charge in [-0.1, -0.05) is 13.8 Å². The molecule has 1 rings (SSSR count). The van der Waals surface area contributed by atoms with E-state index in [4.69, 9.17) is 4.74 Å². The highest BCUT2D eigenvalue weighted by Gasteiger charge is 2.40. The van der Waals surface area contributed by atoms with Crippen molar-refractivity contribution in [1.29, 1.82) is 5.26 Å². The van der Waals surface area contributed by atoms with Crippen LogP contribution in [0.3, 0.4) is 0 Å². The summed E-state index contributed by atoms with van der Waals surface area (Å²) in [4.78, 5) is 0. The molecule has 0 aromatic carbocycles. The van der Waals surface area contributed by atoms with Crippen molar-refractivity contribution >= 4 is 0 Å². The first kappa shape index (κ1) is 13.5. The predicted molar refractivity (Wildman–Crippen MR) is 62.8 cm³/mol. The van der Waals surface area contributed by atoms with Gasteiger partial charge in [0.25, 0.3) is 0 Å². The molecule has 2 unspecified atom stereocenters. The van der Waals surface area contributed by atoms with Crippen molar-refractivity contribution in [2.45, 2.75) is 71.2 Å². The van der Waals surface area contributed by atoms with E-state index in [1.807, 2.05) is 6.92 Å². The predicted octanol–water partition coefficient (Wildman–Crippen LogP) is 2.63. The van der Waals surface area contributed by atoms with Crippen LogP contribution >= 0.6 is 0 Å². The average molecular weight is 225 g/mol. The molecule has 0 aromatic rings. The molecule has 0 aromatic heterocycles. The van der Waals surface area contributed by atoms with Gasteiger partial charge in [-0.3, -0.25) is 0 Å². The minimum Gasteiger partial charge on any atom is -0.391 e. The molecule has 1 saturated carbocycles. The number of rotatable bonds is 3. The Labute approximate surface area is 98.4 Å². The highest BCUT2D eigenvalue weighted by molar-refractivity contribution is 5.06. The van der Waals surface area contributed by atoms with E-state index in [-0.39, 0.29) is 6.10 Å². The first-order valence-electron chi connectivity index (χ1n) is 6.07. The molecule has 1 fully saturated rings. The summed E-state index contributed by atoms with van der Waals surface area (Å²) in [5.74, 6) is 0. The van der Waals surface area contributed by atoms with Crippen LogP contribution in [0.5, 0.6) is 0 Å². The number of ether oxygens (including phenoxy) is 1. The summed E-state index contributed by atoms with van der Waals surface area (Å²) in [7, 11) is 0. The number of aliphatic hydroxyl groups excluding tert-OH is 1. The van der Waals surface area contributed by atoms with Gasteiger partial charge in [-0.05, 0) is 44.9 Å². The largest absolute Gasteiger partial charge is 0.391 e. The topological polar surface area (TPSA) is 53.2 Å². The van der Waals surface area contributed by atoms with Gasteiger partial charge in [0.2, 0.25) is 0 Å². The molecule has 1 aliphatic carbocycles. The summed E-state index contributed by atoms with van der Waals surface area (Å²) in [6.45, 7) is 7.98. The SMILES string of the molecule is CC(O)C(C)OC1(C#N)CCC(C)(C)CC1. The monoisotopic (exact) mass is 225 g/mol. The fraction of sp³-hybridized carbons (Fsp3) is 0.923. The highest BCUT2D eigenvalue weighted by atomic mass is 16.5. The molecule has 92 valence electrons. The van der Waals surface area contributed by atoms with Crippen LogP contribution in [0.2, 0.25) is 0 Å². The summed E-state index contributed by atoms with van der Waals surface area (Å²) in [6, 6.07) is 2.31. The number of nitriles is 1. The van der Waals surface area contributed by atoms with E-state index in [1.165, 1.54) is 0 Å². The molecule has 3 nitrogen and oxygen atoms in total. The summed E-state index contributed by atoms with van der Waals surface area (Å²) in [5.41, 5.74) is -0.357. The Hall–Kier alpha value is -0.590. The lowest BCUT2D eigenvalue weighted by Crippen LogP contribution is -2.42. The molecular weight excluding hydrogens is 202 g/mol. The molecule has 0 aliphatic heterocycles. The van der Waals surface area contributed by atoms with Crippen molar-refractivity contribution in [2.24, 2.45) is 5.41 Å². The molecule has 0 radical (unpaired) electrons. The zero-order chi connectivity index (χ0) is 12.4. The van der Waals surface area contributed by atoms with Crippen molar-refractivity contribution in [3.8, 4) is 6.07 Å². The maximum atomic E-state index is 9.43. The van der Waals surface area contributed by atoms with Crippen LogP contribution in [0, 0.1) is 16.7 Å². The van der Waals surface area contributed by atoms with Gasteiger partial charge in [-0.15, -0.1) is 0 Å². The third-order valence-electron chi connectivity index (χ3n) is 3.71. The molecule has 1 aliphatic rings. The van der Waals surface area contributed by atoms with Crippen LogP contribution < -0.4 is 0 Å². The number of nitrogens with zero attached hydrogens (tertiary/aromatic N) is 1. The van der Waals surface area contributed by atoms with E-state index in [1.54, 1.807) is 6.92 Å². The third kappa shape index (κ3) is 3.20. The summed E-state index contributed by atoms with van der Waals surface area (Å²) in [5, 5.41) is 18.7. The van der Waals surface area contributed by atoms with Crippen LogP contribution in [0.15, 0.2) is 0 Å². The standard InChI is InChI=1S/C13H23NO2/c1-10(15)11(2)16-13(9-14)7-5-12(3,4)6-8-13/h10-11,15H,5-8H2,1-4H3. The Balaban J connectivity index is 2.64. The van der Waals surface area contributed by atoms with Crippen LogP contribution in [-0.2, 0) is 4.74 Å². The second-order valence-electron chi connectivity index (χ2n) is 5.83. The van der Waals surface area contributed by atoms with Gasteiger partial charge >= 0.3 is 0 Å². The molecule has 0 amide bonds. The van der Waals surface area contributed by atoms with Crippen LogP contribution in [-0.4, -0.2) is 22.9 Å². The zero-order valence-corrected chi connectivity index (χ0v) is 10.8. The number of hydrogen-bond donors (Lipinski definition) is 1. The Morgan fingerprint density at radius 2 is 1.69 bits per heavy atom. The summed E-state index contributed by atoms with van der Waals surface area (Å²) < 4.78 is 5.77. The lowest BCUT2D eigenvalue weighted by molar-refractivity contribution is -0.119. The molecule has 1 N–H and O–H groups in total. The maximum Gasteiger partial charge on any atom is 0.154 e. The first-order valence-corrected chi connectivity index (χ1v) is 6.07. The Morgan fingerprint density at radius 1 is 1.19 bits per heavy atom. The van der Waals surface area contributed by atoms with Gasteiger partial charge in [0.15, 0.2) is 5.60 Å². The lowest BCUT2D eigenvalue weighted by atomic mass is 9.71. The molecular formula is C13H23NO2. The van der Waals surface area contributed by atoms with Gasteiger partial charge in [0.05, 0.1) is 18.3 Å². The van der Waals surface area contributed by atoms with E-state index < -0.39 is 11.7 Å². The quantitative estimate of drug-likeness (QED) is 0.803. The van der Waals surface area contributed by atoms with Crippen molar-refractivity contribution in [3.05, 3.63) is 0 Å². The van der Waals surface area contributed by atoms with Crippen molar-refractivity contribution in [2.75, 3.05) is 0 Å².